The zero-order valence-electron chi connectivity index (χ0n) is 13.0. The minimum atomic E-state index is -0.597. The van der Waals surface area contributed by atoms with Crippen molar-refractivity contribution < 1.29 is 9.84 Å². The maximum atomic E-state index is 10.1. The van der Waals surface area contributed by atoms with Gasteiger partial charge < -0.3 is 15.2 Å². The number of methoxy groups -OCH3 is 1. The van der Waals surface area contributed by atoms with Crippen molar-refractivity contribution in [2.75, 3.05) is 13.7 Å². The summed E-state index contributed by atoms with van der Waals surface area (Å²) >= 11 is 0. The number of rotatable bonds is 9. The van der Waals surface area contributed by atoms with Gasteiger partial charge in [0.15, 0.2) is 0 Å². The Labute approximate surface area is 126 Å². The van der Waals surface area contributed by atoms with E-state index in [0.29, 0.717) is 6.54 Å². The second kappa shape index (κ2) is 9.39. The van der Waals surface area contributed by atoms with E-state index >= 15 is 0 Å². The van der Waals surface area contributed by atoms with Crippen molar-refractivity contribution in [3.8, 4) is 0 Å². The van der Waals surface area contributed by atoms with Gasteiger partial charge >= 0.3 is 0 Å². The van der Waals surface area contributed by atoms with Crippen LogP contribution >= 0.6 is 0 Å². The Morgan fingerprint density at radius 2 is 2.14 bits per heavy atom. The minimum absolute atomic E-state index is 0.0114. The quantitative estimate of drug-likeness (QED) is 0.678. The highest BCUT2D eigenvalue weighted by Gasteiger charge is 2.20. The molecule has 21 heavy (non-hydrogen) atoms. The molecule has 0 amide bonds. The Balaban J connectivity index is 2.43. The molecule has 3 atom stereocenters. The van der Waals surface area contributed by atoms with Crippen LogP contribution < -0.4 is 5.32 Å². The lowest BCUT2D eigenvalue weighted by Crippen LogP contribution is -2.31. The van der Waals surface area contributed by atoms with Crippen LogP contribution in [0.2, 0.25) is 0 Å². The Morgan fingerprint density at radius 1 is 1.48 bits per heavy atom. The van der Waals surface area contributed by atoms with Crippen molar-refractivity contribution >= 4 is 0 Å². The van der Waals surface area contributed by atoms with Gasteiger partial charge in [0.2, 0.25) is 0 Å². The molecule has 0 saturated heterocycles. The first-order chi connectivity index (χ1) is 10.1. The van der Waals surface area contributed by atoms with Gasteiger partial charge in [-0.3, -0.25) is 0 Å². The van der Waals surface area contributed by atoms with E-state index in [1.807, 2.05) is 19.9 Å². The molecule has 0 aromatic carbocycles. The highest BCUT2D eigenvalue weighted by molar-refractivity contribution is 5.06. The molecule has 0 bridgehead atoms. The van der Waals surface area contributed by atoms with Crippen LogP contribution in [0.1, 0.15) is 19.7 Å². The molecule has 0 aliphatic rings. The molecule has 1 heterocycles. The largest absolute Gasteiger partial charge is 0.389 e. The van der Waals surface area contributed by atoms with Crippen LogP contribution in [0.3, 0.4) is 0 Å². The van der Waals surface area contributed by atoms with Gasteiger partial charge in [-0.25, -0.2) is 9.97 Å². The van der Waals surface area contributed by atoms with Gasteiger partial charge in [0.25, 0.3) is 0 Å². The average molecular weight is 291 g/mol. The fourth-order valence-electron chi connectivity index (χ4n) is 2.07. The molecule has 0 aliphatic heterocycles. The highest BCUT2D eigenvalue weighted by atomic mass is 16.5. The second-order valence-corrected chi connectivity index (χ2v) is 5.07. The molecule has 5 heteroatoms. The lowest BCUT2D eigenvalue weighted by molar-refractivity contribution is -0.00153. The van der Waals surface area contributed by atoms with E-state index in [1.165, 1.54) is 0 Å². The van der Waals surface area contributed by atoms with Crippen LogP contribution in [0.15, 0.2) is 42.8 Å². The van der Waals surface area contributed by atoms with E-state index in [1.54, 1.807) is 31.6 Å². The molecule has 0 fully saturated rings. The molecule has 0 radical (unpaired) electrons. The van der Waals surface area contributed by atoms with Gasteiger partial charge in [-0.1, -0.05) is 24.6 Å². The molecule has 5 nitrogen and oxygen atoms in total. The Kier molecular flexibility index (Phi) is 7.82. The monoisotopic (exact) mass is 291 g/mol. The van der Waals surface area contributed by atoms with Gasteiger partial charge in [-0.05, 0) is 13.0 Å². The number of aliphatic hydroxyl groups is 1. The predicted octanol–water partition coefficient (Wildman–Crippen LogP) is 1.71. The standard InChI is InChI=1S/C16H25N3O2/c1-5-14(21-4)16(20)13(3)9-12(2)10-17-11-15-18-7-6-8-19-15/h5-9,13-14,16-17,20H,1,10-11H2,2-4H3/b12-9-/t13-,14+,16+/m1/s1. The number of hydrogen-bond acceptors (Lipinski definition) is 5. The first-order valence-corrected chi connectivity index (χ1v) is 7.05. The second-order valence-electron chi connectivity index (χ2n) is 5.07. The summed E-state index contributed by atoms with van der Waals surface area (Å²) in [5, 5.41) is 13.4. The molecular formula is C16H25N3O2. The molecule has 1 rings (SSSR count). The topological polar surface area (TPSA) is 67.3 Å². The van der Waals surface area contributed by atoms with Crippen molar-refractivity contribution in [2.24, 2.45) is 5.92 Å². The summed E-state index contributed by atoms with van der Waals surface area (Å²) in [7, 11) is 1.57. The summed E-state index contributed by atoms with van der Waals surface area (Å²) in [5.41, 5.74) is 1.15. The van der Waals surface area contributed by atoms with Gasteiger partial charge in [0, 0.05) is 32.0 Å². The van der Waals surface area contributed by atoms with Crippen molar-refractivity contribution in [1.82, 2.24) is 15.3 Å². The molecule has 1 aromatic heterocycles. The number of nitrogens with zero attached hydrogens (tertiary/aromatic N) is 2. The molecule has 0 saturated carbocycles. The fourth-order valence-corrected chi connectivity index (χ4v) is 2.07. The normalized spacial score (nSPS) is 16.3. The van der Waals surface area contributed by atoms with Crippen LogP contribution in [0, 0.1) is 5.92 Å². The first-order valence-electron chi connectivity index (χ1n) is 7.05. The molecule has 2 N–H and O–H groups in total. The zero-order valence-corrected chi connectivity index (χ0v) is 13.0. The van der Waals surface area contributed by atoms with Gasteiger partial charge in [0.1, 0.15) is 11.9 Å². The summed E-state index contributed by atoms with van der Waals surface area (Å²) < 4.78 is 5.17. The van der Waals surface area contributed by atoms with E-state index < -0.39 is 6.10 Å². The van der Waals surface area contributed by atoms with Crippen LogP contribution in [0.5, 0.6) is 0 Å². The van der Waals surface area contributed by atoms with Gasteiger partial charge in [-0.15, -0.1) is 6.58 Å². The smallest absolute Gasteiger partial charge is 0.141 e. The average Bonchev–Trinajstić information content (AvgIpc) is 2.49. The van der Waals surface area contributed by atoms with Crippen molar-refractivity contribution in [1.29, 1.82) is 0 Å². The summed E-state index contributed by atoms with van der Waals surface area (Å²) in [6.45, 7) is 9.00. The Morgan fingerprint density at radius 3 is 2.71 bits per heavy atom. The predicted molar refractivity (Wildman–Crippen MR) is 83.7 cm³/mol. The molecule has 0 aliphatic carbocycles. The number of aliphatic hydroxyl groups excluding tert-OH is 1. The lowest BCUT2D eigenvalue weighted by atomic mass is 9.97. The van der Waals surface area contributed by atoms with Crippen LogP contribution in [0.4, 0.5) is 0 Å². The first kappa shape index (κ1) is 17.5. The van der Waals surface area contributed by atoms with Crippen LogP contribution in [0.25, 0.3) is 0 Å². The molecule has 0 spiro atoms. The van der Waals surface area contributed by atoms with Crippen LogP contribution in [-0.4, -0.2) is 40.9 Å². The van der Waals surface area contributed by atoms with Crippen molar-refractivity contribution in [3.05, 3.63) is 48.6 Å². The Bertz CT molecular complexity index is 448. The molecule has 1 aromatic rings. The van der Waals surface area contributed by atoms with Crippen LogP contribution in [-0.2, 0) is 11.3 Å². The highest BCUT2D eigenvalue weighted by Crippen LogP contribution is 2.14. The third kappa shape index (κ3) is 6.16. The summed E-state index contributed by atoms with van der Waals surface area (Å²) in [5.74, 6) is 0.757. The molecule has 116 valence electrons. The van der Waals surface area contributed by atoms with E-state index in [0.717, 1.165) is 17.9 Å². The minimum Gasteiger partial charge on any atom is -0.389 e. The van der Waals surface area contributed by atoms with E-state index in [4.69, 9.17) is 4.74 Å². The van der Waals surface area contributed by atoms with Crippen molar-refractivity contribution in [2.45, 2.75) is 32.6 Å². The van der Waals surface area contributed by atoms with E-state index in [2.05, 4.69) is 21.9 Å². The summed E-state index contributed by atoms with van der Waals surface area (Å²) in [4.78, 5) is 8.30. The number of hydrogen-bond donors (Lipinski definition) is 2. The van der Waals surface area contributed by atoms with Gasteiger partial charge in [0.05, 0.1) is 12.6 Å². The number of ether oxygens (including phenoxy) is 1. The van der Waals surface area contributed by atoms with Gasteiger partial charge in [-0.2, -0.15) is 0 Å². The molecular weight excluding hydrogens is 266 g/mol. The maximum absolute atomic E-state index is 10.1. The fraction of sp³-hybridized carbons (Fsp3) is 0.500. The third-order valence-electron chi connectivity index (χ3n) is 3.23. The molecule has 0 unspecified atom stereocenters. The van der Waals surface area contributed by atoms with E-state index in [9.17, 15) is 5.11 Å². The summed E-state index contributed by atoms with van der Waals surface area (Å²) in [6.07, 6.45) is 6.17. The number of nitrogens with one attached hydrogen (secondary N) is 1. The Hall–Kier alpha value is -1.56. The van der Waals surface area contributed by atoms with E-state index in [-0.39, 0.29) is 12.0 Å². The maximum Gasteiger partial charge on any atom is 0.141 e. The SMILES string of the molecule is C=C[C@H](OC)[C@@H](O)[C@H](C)/C=C(/C)CNCc1ncccn1. The zero-order chi connectivity index (χ0) is 15.7. The van der Waals surface area contributed by atoms with Crippen molar-refractivity contribution in [3.63, 3.8) is 0 Å². The number of aromatic nitrogens is 2. The summed E-state index contributed by atoms with van der Waals surface area (Å²) in [6, 6.07) is 1.80. The lowest BCUT2D eigenvalue weighted by Gasteiger charge is -2.22. The third-order valence-corrected chi connectivity index (χ3v) is 3.23.